The average molecular weight is 454 g/mol. The zero-order valence-corrected chi connectivity index (χ0v) is 18.5. The molecule has 3 aromatic rings. The molecule has 0 aliphatic carbocycles. The van der Waals surface area contributed by atoms with Gasteiger partial charge in [0, 0.05) is 22.6 Å². The molecule has 33 heavy (non-hydrogen) atoms. The number of ether oxygens (including phenoxy) is 3. The molecule has 4 rings (SSSR count). The van der Waals surface area contributed by atoms with Crippen LogP contribution in [0.4, 0.5) is 13.2 Å². The highest BCUT2D eigenvalue weighted by Crippen LogP contribution is 2.33. The van der Waals surface area contributed by atoms with Gasteiger partial charge in [0.1, 0.15) is 5.82 Å². The molecule has 0 N–H and O–H groups in total. The van der Waals surface area contributed by atoms with E-state index in [0.717, 1.165) is 0 Å². The van der Waals surface area contributed by atoms with E-state index in [2.05, 4.69) is 0 Å². The van der Waals surface area contributed by atoms with E-state index in [4.69, 9.17) is 14.2 Å². The van der Waals surface area contributed by atoms with Gasteiger partial charge in [-0.25, -0.2) is 8.78 Å². The van der Waals surface area contributed by atoms with Crippen LogP contribution in [0.1, 0.15) is 25.7 Å². The SMILES string of the molecule is C/C=C/C1COC(c2ccc(-c3ccc(-c4ccc(OCC)c(F)c4F)cc3)c(F)c2)OC1. The van der Waals surface area contributed by atoms with E-state index in [1.165, 1.54) is 18.2 Å². The molecule has 0 bridgehead atoms. The van der Waals surface area contributed by atoms with Crippen molar-refractivity contribution >= 4 is 0 Å². The number of benzene rings is 3. The molecule has 0 radical (unpaired) electrons. The van der Waals surface area contributed by atoms with Crippen LogP contribution < -0.4 is 4.74 Å². The van der Waals surface area contributed by atoms with Gasteiger partial charge in [0.25, 0.3) is 0 Å². The number of halogens is 3. The van der Waals surface area contributed by atoms with E-state index in [9.17, 15) is 13.2 Å². The zero-order chi connectivity index (χ0) is 23.4. The topological polar surface area (TPSA) is 27.7 Å². The van der Waals surface area contributed by atoms with Crippen LogP contribution in [-0.2, 0) is 9.47 Å². The monoisotopic (exact) mass is 454 g/mol. The summed E-state index contributed by atoms with van der Waals surface area (Å²) in [5.41, 5.74) is 2.22. The molecule has 0 spiro atoms. The van der Waals surface area contributed by atoms with E-state index in [1.807, 2.05) is 19.1 Å². The molecule has 0 atom stereocenters. The molecule has 1 heterocycles. The molecule has 1 aliphatic heterocycles. The van der Waals surface area contributed by atoms with Crippen LogP contribution in [0.25, 0.3) is 22.3 Å². The molecule has 0 aromatic heterocycles. The van der Waals surface area contributed by atoms with Gasteiger partial charge in [-0.15, -0.1) is 0 Å². The Morgan fingerprint density at radius 3 is 2.12 bits per heavy atom. The Kier molecular flexibility index (Phi) is 7.16. The molecule has 0 amide bonds. The molecule has 0 unspecified atom stereocenters. The van der Waals surface area contributed by atoms with Crippen LogP contribution in [0.3, 0.4) is 0 Å². The maximum Gasteiger partial charge on any atom is 0.201 e. The summed E-state index contributed by atoms with van der Waals surface area (Å²) in [6.45, 7) is 4.92. The first-order valence-electron chi connectivity index (χ1n) is 10.9. The van der Waals surface area contributed by atoms with Crippen LogP contribution >= 0.6 is 0 Å². The zero-order valence-electron chi connectivity index (χ0n) is 18.5. The van der Waals surface area contributed by atoms with Crippen molar-refractivity contribution in [3.63, 3.8) is 0 Å². The minimum Gasteiger partial charge on any atom is -0.491 e. The van der Waals surface area contributed by atoms with Gasteiger partial charge in [0.15, 0.2) is 17.9 Å². The highest BCUT2D eigenvalue weighted by Gasteiger charge is 2.23. The average Bonchev–Trinajstić information content (AvgIpc) is 2.83. The van der Waals surface area contributed by atoms with E-state index < -0.39 is 23.7 Å². The van der Waals surface area contributed by atoms with Crippen molar-refractivity contribution in [2.45, 2.75) is 20.1 Å². The van der Waals surface area contributed by atoms with E-state index in [-0.39, 0.29) is 23.8 Å². The van der Waals surface area contributed by atoms with Crippen LogP contribution in [0.2, 0.25) is 0 Å². The Morgan fingerprint density at radius 2 is 1.52 bits per heavy atom. The second kappa shape index (κ2) is 10.2. The molecule has 1 fully saturated rings. The lowest BCUT2D eigenvalue weighted by atomic mass is 9.98. The van der Waals surface area contributed by atoms with Crippen molar-refractivity contribution in [1.82, 2.24) is 0 Å². The second-order valence-corrected chi connectivity index (χ2v) is 7.77. The normalized spacial score (nSPS) is 18.6. The Morgan fingerprint density at radius 1 is 0.879 bits per heavy atom. The summed E-state index contributed by atoms with van der Waals surface area (Å²) in [5.74, 6) is -2.35. The van der Waals surface area contributed by atoms with Crippen molar-refractivity contribution in [3.05, 3.63) is 89.8 Å². The third-order valence-electron chi connectivity index (χ3n) is 5.51. The number of hydrogen-bond acceptors (Lipinski definition) is 3. The smallest absolute Gasteiger partial charge is 0.201 e. The summed E-state index contributed by atoms with van der Waals surface area (Å²) in [5, 5.41) is 0. The van der Waals surface area contributed by atoms with Gasteiger partial charge in [-0.2, -0.15) is 4.39 Å². The Hall–Kier alpha value is -3.09. The van der Waals surface area contributed by atoms with Gasteiger partial charge < -0.3 is 14.2 Å². The first kappa shape index (κ1) is 23.1. The standard InChI is InChI=1S/C27H25F3O3/c1-3-5-17-15-32-27(33-16-17)20-10-11-21(23(28)14-20)18-6-8-19(9-7-18)22-12-13-24(31-4-2)26(30)25(22)29/h3,5-14,17,27H,4,15-16H2,1-2H3/b5-3+. The fourth-order valence-corrected chi connectivity index (χ4v) is 3.86. The maximum absolute atomic E-state index is 14.9. The fourth-order valence-electron chi connectivity index (χ4n) is 3.86. The van der Waals surface area contributed by atoms with Crippen molar-refractivity contribution in [2.24, 2.45) is 5.92 Å². The Balaban J connectivity index is 1.52. The van der Waals surface area contributed by atoms with Crippen LogP contribution in [0, 0.1) is 23.4 Å². The molecule has 3 aromatic carbocycles. The summed E-state index contributed by atoms with van der Waals surface area (Å²) in [6, 6.07) is 14.3. The lowest BCUT2D eigenvalue weighted by molar-refractivity contribution is -0.197. The Bertz CT molecular complexity index is 1130. The first-order chi connectivity index (χ1) is 16.0. The van der Waals surface area contributed by atoms with Crippen LogP contribution in [-0.4, -0.2) is 19.8 Å². The summed E-state index contributed by atoms with van der Waals surface area (Å²) in [4.78, 5) is 0. The predicted octanol–water partition coefficient (Wildman–Crippen LogP) is 7.07. The van der Waals surface area contributed by atoms with Gasteiger partial charge in [0.05, 0.1) is 19.8 Å². The van der Waals surface area contributed by atoms with E-state index in [1.54, 1.807) is 43.3 Å². The molecular formula is C27H25F3O3. The molecule has 6 heteroatoms. The molecule has 1 aliphatic rings. The number of hydrogen-bond donors (Lipinski definition) is 0. The maximum atomic E-state index is 14.9. The van der Waals surface area contributed by atoms with Gasteiger partial charge >= 0.3 is 0 Å². The van der Waals surface area contributed by atoms with Crippen LogP contribution in [0.5, 0.6) is 5.75 Å². The lowest BCUT2D eigenvalue weighted by Crippen LogP contribution is -2.25. The molecule has 172 valence electrons. The molecule has 1 saturated heterocycles. The van der Waals surface area contributed by atoms with Gasteiger partial charge in [-0.1, -0.05) is 48.6 Å². The summed E-state index contributed by atoms with van der Waals surface area (Å²) >= 11 is 0. The highest BCUT2D eigenvalue weighted by molar-refractivity contribution is 5.71. The quantitative estimate of drug-likeness (QED) is 0.373. The Labute approximate surface area is 191 Å². The third-order valence-corrected chi connectivity index (χ3v) is 5.51. The summed E-state index contributed by atoms with van der Waals surface area (Å²) in [7, 11) is 0. The van der Waals surface area contributed by atoms with Crippen molar-refractivity contribution < 1.29 is 27.4 Å². The first-order valence-corrected chi connectivity index (χ1v) is 10.9. The van der Waals surface area contributed by atoms with Gasteiger partial charge in [-0.05, 0) is 43.2 Å². The lowest BCUT2D eigenvalue weighted by Gasteiger charge is -2.28. The van der Waals surface area contributed by atoms with Crippen LogP contribution in [0.15, 0.2) is 66.7 Å². The van der Waals surface area contributed by atoms with E-state index >= 15 is 0 Å². The minimum atomic E-state index is -1.02. The van der Waals surface area contributed by atoms with Crippen molar-refractivity contribution in [1.29, 1.82) is 0 Å². The number of rotatable bonds is 6. The minimum absolute atomic E-state index is 0.112. The highest BCUT2D eigenvalue weighted by atomic mass is 19.2. The summed E-state index contributed by atoms with van der Waals surface area (Å²) < 4.78 is 60.2. The van der Waals surface area contributed by atoms with Gasteiger partial charge in [0.2, 0.25) is 5.82 Å². The predicted molar refractivity (Wildman–Crippen MR) is 121 cm³/mol. The second-order valence-electron chi connectivity index (χ2n) is 7.77. The molecule has 0 saturated carbocycles. The van der Waals surface area contributed by atoms with Crippen molar-refractivity contribution in [3.8, 4) is 28.0 Å². The molecule has 3 nitrogen and oxygen atoms in total. The third kappa shape index (κ3) is 4.97. The largest absolute Gasteiger partial charge is 0.491 e. The molecular weight excluding hydrogens is 429 g/mol. The number of allylic oxidation sites excluding steroid dienone is 1. The fraction of sp³-hybridized carbons (Fsp3) is 0.259. The van der Waals surface area contributed by atoms with Gasteiger partial charge in [-0.3, -0.25) is 0 Å². The van der Waals surface area contributed by atoms with Crippen molar-refractivity contribution in [2.75, 3.05) is 19.8 Å². The summed E-state index contributed by atoms with van der Waals surface area (Å²) in [6.07, 6.45) is 3.38. The van der Waals surface area contributed by atoms with E-state index in [0.29, 0.717) is 35.5 Å².